The maximum absolute atomic E-state index is 11.3. The fourth-order valence-electron chi connectivity index (χ4n) is 1.77. The third kappa shape index (κ3) is 3.06. The first-order valence-corrected chi connectivity index (χ1v) is 5.00. The first-order valence-electron chi connectivity index (χ1n) is 5.00. The van der Waals surface area contributed by atoms with Gasteiger partial charge in [-0.3, -0.25) is 9.69 Å². The second-order valence-corrected chi connectivity index (χ2v) is 4.04. The van der Waals surface area contributed by atoms with E-state index in [1.807, 2.05) is 25.8 Å². The van der Waals surface area contributed by atoms with Gasteiger partial charge in [0.25, 0.3) is 0 Å². The number of aromatic nitrogens is 2. The molecule has 5 heteroatoms. The van der Waals surface area contributed by atoms with Crippen molar-refractivity contribution in [3.8, 4) is 0 Å². The van der Waals surface area contributed by atoms with Crippen LogP contribution in [0, 0.1) is 5.92 Å². The molecule has 1 rings (SSSR count). The van der Waals surface area contributed by atoms with Crippen LogP contribution in [-0.2, 0) is 11.3 Å². The number of carbonyl (C=O) groups excluding carboxylic acids is 1. The topological polar surface area (TPSA) is 75.0 Å². The molecule has 0 bridgehead atoms. The van der Waals surface area contributed by atoms with E-state index in [4.69, 9.17) is 5.73 Å². The van der Waals surface area contributed by atoms with Crippen LogP contribution in [0.25, 0.3) is 0 Å². The van der Waals surface area contributed by atoms with Crippen LogP contribution >= 0.6 is 0 Å². The van der Waals surface area contributed by atoms with Crippen LogP contribution in [0.5, 0.6) is 0 Å². The molecule has 0 saturated heterocycles. The van der Waals surface area contributed by atoms with Gasteiger partial charge in [-0.1, -0.05) is 13.8 Å². The number of hydrogen-bond acceptors (Lipinski definition) is 3. The first kappa shape index (κ1) is 11.7. The lowest BCUT2D eigenvalue weighted by Crippen LogP contribution is -2.45. The molecule has 0 saturated carbocycles. The zero-order chi connectivity index (χ0) is 11.4. The largest absolute Gasteiger partial charge is 0.368 e. The molecule has 0 fully saturated rings. The Labute approximate surface area is 89.7 Å². The monoisotopic (exact) mass is 210 g/mol. The van der Waals surface area contributed by atoms with Crippen molar-refractivity contribution in [3.05, 3.63) is 18.2 Å². The van der Waals surface area contributed by atoms with Gasteiger partial charge in [-0.05, 0) is 13.0 Å². The molecule has 0 aliphatic rings. The number of nitrogens with one attached hydrogen (secondary N) is 1. The molecular weight excluding hydrogens is 192 g/mol. The Morgan fingerprint density at radius 3 is 2.73 bits per heavy atom. The summed E-state index contributed by atoms with van der Waals surface area (Å²) >= 11 is 0. The third-order valence-corrected chi connectivity index (χ3v) is 2.35. The third-order valence-electron chi connectivity index (χ3n) is 2.35. The van der Waals surface area contributed by atoms with Crippen molar-refractivity contribution >= 4 is 5.91 Å². The van der Waals surface area contributed by atoms with Gasteiger partial charge in [-0.25, -0.2) is 4.98 Å². The van der Waals surface area contributed by atoms with E-state index in [9.17, 15) is 4.79 Å². The summed E-state index contributed by atoms with van der Waals surface area (Å²) < 4.78 is 0. The number of nitrogens with zero attached hydrogens (tertiary/aromatic N) is 2. The maximum atomic E-state index is 11.3. The van der Waals surface area contributed by atoms with Crippen molar-refractivity contribution in [1.29, 1.82) is 0 Å². The van der Waals surface area contributed by atoms with Crippen molar-refractivity contribution < 1.29 is 4.79 Å². The predicted octanol–water partition coefficient (Wildman–Crippen LogP) is 0.351. The molecule has 1 amide bonds. The Kier molecular flexibility index (Phi) is 3.85. The van der Waals surface area contributed by atoms with Gasteiger partial charge in [0.15, 0.2) is 0 Å². The standard InChI is InChI=1S/C10H18N4O/c1-7(2)9(10(11)15)14(3)6-8-12-4-5-13-8/h4-5,7,9H,6H2,1-3H3,(H2,11,15)(H,12,13)/t9-/m0/s1. The predicted molar refractivity (Wildman–Crippen MR) is 57.9 cm³/mol. The lowest BCUT2D eigenvalue weighted by Gasteiger charge is -2.27. The zero-order valence-electron chi connectivity index (χ0n) is 9.40. The Morgan fingerprint density at radius 2 is 2.33 bits per heavy atom. The number of amides is 1. The average Bonchev–Trinajstić information content (AvgIpc) is 2.54. The van der Waals surface area contributed by atoms with Crippen molar-refractivity contribution in [2.75, 3.05) is 7.05 Å². The van der Waals surface area contributed by atoms with E-state index in [2.05, 4.69) is 9.97 Å². The number of H-pyrrole nitrogens is 1. The second kappa shape index (κ2) is 4.93. The lowest BCUT2D eigenvalue weighted by atomic mass is 10.0. The van der Waals surface area contributed by atoms with Crippen LogP contribution < -0.4 is 5.73 Å². The summed E-state index contributed by atoms with van der Waals surface area (Å²) in [5.74, 6) is 0.742. The lowest BCUT2D eigenvalue weighted by molar-refractivity contribution is -0.124. The summed E-state index contributed by atoms with van der Waals surface area (Å²) in [4.78, 5) is 20.3. The molecule has 3 N–H and O–H groups in total. The van der Waals surface area contributed by atoms with Crippen LogP contribution in [-0.4, -0.2) is 33.9 Å². The molecule has 1 aromatic rings. The van der Waals surface area contributed by atoms with Crippen LogP contribution in [0.15, 0.2) is 12.4 Å². The molecule has 0 aliphatic carbocycles. The summed E-state index contributed by atoms with van der Waals surface area (Å²) in [7, 11) is 1.87. The first-order chi connectivity index (χ1) is 7.02. The van der Waals surface area contributed by atoms with Gasteiger partial charge < -0.3 is 10.7 Å². The molecule has 0 unspecified atom stereocenters. The van der Waals surface area contributed by atoms with Gasteiger partial charge in [0, 0.05) is 12.4 Å². The summed E-state index contributed by atoms with van der Waals surface area (Å²) in [6.07, 6.45) is 3.45. The van der Waals surface area contributed by atoms with E-state index >= 15 is 0 Å². The van der Waals surface area contributed by atoms with Crippen molar-refractivity contribution in [1.82, 2.24) is 14.9 Å². The van der Waals surface area contributed by atoms with Gasteiger partial charge in [-0.15, -0.1) is 0 Å². The van der Waals surface area contributed by atoms with Gasteiger partial charge in [0.1, 0.15) is 5.82 Å². The normalized spacial score (nSPS) is 13.4. The molecular formula is C10H18N4O. The fraction of sp³-hybridized carbons (Fsp3) is 0.600. The SMILES string of the molecule is CC(C)[C@@H](C(N)=O)N(C)Cc1ncc[nH]1. The van der Waals surface area contributed by atoms with Crippen LogP contribution in [0.4, 0.5) is 0 Å². The number of carbonyl (C=O) groups is 1. The van der Waals surface area contributed by atoms with Crippen molar-refractivity contribution in [2.45, 2.75) is 26.4 Å². The molecule has 15 heavy (non-hydrogen) atoms. The molecule has 1 aromatic heterocycles. The number of likely N-dealkylation sites (N-methyl/N-ethyl adjacent to an activating group) is 1. The van der Waals surface area contributed by atoms with E-state index in [-0.39, 0.29) is 17.9 Å². The number of primary amides is 1. The number of aromatic amines is 1. The number of nitrogens with two attached hydrogens (primary N) is 1. The highest BCUT2D eigenvalue weighted by atomic mass is 16.1. The summed E-state index contributed by atoms with van der Waals surface area (Å²) in [6.45, 7) is 4.56. The minimum Gasteiger partial charge on any atom is -0.368 e. The molecule has 0 aliphatic heterocycles. The Bertz CT molecular complexity index is 307. The highest BCUT2D eigenvalue weighted by Crippen LogP contribution is 2.10. The van der Waals surface area contributed by atoms with E-state index in [0.29, 0.717) is 6.54 Å². The Hall–Kier alpha value is -1.36. The van der Waals surface area contributed by atoms with Crippen molar-refractivity contribution in [2.24, 2.45) is 11.7 Å². The average molecular weight is 210 g/mol. The van der Waals surface area contributed by atoms with Crippen LogP contribution in [0.2, 0.25) is 0 Å². The highest BCUT2D eigenvalue weighted by molar-refractivity contribution is 5.80. The Morgan fingerprint density at radius 1 is 1.67 bits per heavy atom. The minimum absolute atomic E-state index is 0.197. The summed E-state index contributed by atoms with van der Waals surface area (Å²) in [5, 5.41) is 0. The van der Waals surface area contributed by atoms with E-state index in [1.54, 1.807) is 12.4 Å². The van der Waals surface area contributed by atoms with E-state index in [0.717, 1.165) is 5.82 Å². The molecule has 1 atom stereocenters. The van der Waals surface area contributed by atoms with Crippen LogP contribution in [0.1, 0.15) is 19.7 Å². The van der Waals surface area contributed by atoms with Gasteiger partial charge >= 0.3 is 0 Å². The summed E-state index contributed by atoms with van der Waals surface area (Å²) in [6, 6.07) is -0.255. The highest BCUT2D eigenvalue weighted by Gasteiger charge is 2.24. The minimum atomic E-state index is -0.293. The number of imidazole rings is 1. The van der Waals surface area contributed by atoms with E-state index in [1.165, 1.54) is 0 Å². The number of hydrogen-bond donors (Lipinski definition) is 2. The quantitative estimate of drug-likeness (QED) is 0.736. The van der Waals surface area contributed by atoms with Gasteiger partial charge in [0.05, 0.1) is 12.6 Å². The molecule has 1 heterocycles. The maximum Gasteiger partial charge on any atom is 0.235 e. The van der Waals surface area contributed by atoms with Crippen LogP contribution in [0.3, 0.4) is 0 Å². The second-order valence-electron chi connectivity index (χ2n) is 4.04. The molecule has 0 radical (unpaired) electrons. The van der Waals surface area contributed by atoms with Gasteiger partial charge in [0.2, 0.25) is 5.91 Å². The molecule has 84 valence electrons. The van der Waals surface area contributed by atoms with Gasteiger partial charge in [-0.2, -0.15) is 0 Å². The molecule has 0 aromatic carbocycles. The zero-order valence-corrected chi connectivity index (χ0v) is 9.40. The fourth-order valence-corrected chi connectivity index (χ4v) is 1.77. The Balaban J connectivity index is 2.65. The summed E-state index contributed by atoms with van der Waals surface area (Å²) in [5.41, 5.74) is 5.36. The van der Waals surface area contributed by atoms with E-state index < -0.39 is 0 Å². The molecule has 0 spiro atoms. The number of rotatable bonds is 5. The van der Waals surface area contributed by atoms with Crippen molar-refractivity contribution in [3.63, 3.8) is 0 Å². The smallest absolute Gasteiger partial charge is 0.235 e. The molecule has 5 nitrogen and oxygen atoms in total.